The molecule has 104 valence electrons. The van der Waals surface area contributed by atoms with Gasteiger partial charge in [0.1, 0.15) is 0 Å². The lowest BCUT2D eigenvalue weighted by molar-refractivity contribution is -0.121. The second-order valence-electron chi connectivity index (χ2n) is 5.51. The van der Waals surface area contributed by atoms with Crippen molar-refractivity contribution in [1.82, 2.24) is 5.32 Å². The monoisotopic (exact) mass is 260 g/mol. The van der Waals surface area contributed by atoms with Gasteiger partial charge in [0.25, 0.3) is 0 Å². The molecule has 1 amide bonds. The highest BCUT2D eigenvalue weighted by molar-refractivity contribution is 5.76. The molecule has 3 atom stereocenters. The van der Waals surface area contributed by atoms with Gasteiger partial charge in [0.15, 0.2) is 0 Å². The molecule has 0 radical (unpaired) electrons. The Morgan fingerprint density at radius 3 is 2.84 bits per heavy atom. The molecule has 1 aliphatic carbocycles. The van der Waals surface area contributed by atoms with Crippen LogP contribution in [-0.4, -0.2) is 11.9 Å². The first-order valence-corrected chi connectivity index (χ1v) is 7.30. The van der Waals surface area contributed by atoms with Crippen LogP contribution in [0, 0.1) is 5.92 Å². The van der Waals surface area contributed by atoms with Gasteiger partial charge in [0.05, 0.1) is 0 Å². The molecule has 0 aliphatic heterocycles. The molecule has 3 unspecified atom stereocenters. The molecule has 0 heterocycles. The van der Waals surface area contributed by atoms with Gasteiger partial charge in [-0.3, -0.25) is 4.79 Å². The largest absolute Gasteiger partial charge is 0.353 e. The number of benzene rings is 1. The summed E-state index contributed by atoms with van der Waals surface area (Å²) >= 11 is 0. The third kappa shape index (κ3) is 4.35. The predicted molar refractivity (Wildman–Crippen MR) is 77.6 cm³/mol. The molecule has 3 N–H and O–H groups in total. The molecule has 1 saturated carbocycles. The maximum Gasteiger partial charge on any atom is 0.220 e. The van der Waals surface area contributed by atoms with Crippen LogP contribution in [-0.2, 0) is 4.79 Å². The summed E-state index contributed by atoms with van der Waals surface area (Å²) in [4.78, 5) is 11.8. The molecular weight excluding hydrogens is 236 g/mol. The van der Waals surface area contributed by atoms with E-state index in [-0.39, 0.29) is 11.9 Å². The molecule has 3 nitrogen and oxygen atoms in total. The zero-order valence-corrected chi connectivity index (χ0v) is 11.6. The molecule has 0 saturated heterocycles. The fourth-order valence-corrected chi connectivity index (χ4v) is 2.55. The van der Waals surface area contributed by atoms with Crippen LogP contribution in [0.3, 0.4) is 0 Å². The van der Waals surface area contributed by atoms with Crippen LogP contribution in [0.2, 0.25) is 0 Å². The van der Waals surface area contributed by atoms with Gasteiger partial charge in [-0.25, -0.2) is 0 Å². The zero-order chi connectivity index (χ0) is 13.7. The van der Waals surface area contributed by atoms with Crippen molar-refractivity contribution < 1.29 is 4.79 Å². The van der Waals surface area contributed by atoms with E-state index in [9.17, 15) is 4.79 Å². The SMILES string of the molecule is CCCC1CC1NC(=O)CCC(N)c1ccccc1. The maximum atomic E-state index is 11.8. The molecule has 1 aromatic rings. The lowest BCUT2D eigenvalue weighted by Gasteiger charge is -2.11. The highest BCUT2D eigenvalue weighted by Gasteiger charge is 2.36. The summed E-state index contributed by atoms with van der Waals surface area (Å²) in [5.41, 5.74) is 7.19. The van der Waals surface area contributed by atoms with E-state index in [1.54, 1.807) is 0 Å². The highest BCUT2D eigenvalue weighted by Crippen LogP contribution is 2.34. The average Bonchev–Trinajstić information content (AvgIpc) is 3.15. The van der Waals surface area contributed by atoms with Crippen molar-refractivity contribution in [3.63, 3.8) is 0 Å². The summed E-state index contributed by atoms with van der Waals surface area (Å²) in [6.45, 7) is 2.19. The van der Waals surface area contributed by atoms with E-state index < -0.39 is 0 Å². The summed E-state index contributed by atoms with van der Waals surface area (Å²) in [5, 5.41) is 3.10. The van der Waals surface area contributed by atoms with E-state index in [0.29, 0.717) is 18.9 Å². The second-order valence-corrected chi connectivity index (χ2v) is 5.51. The normalized spacial score (nSPS) is 22.8. The molecule has 3 heteroatoms. The number of amides is 1. The number of rotatable bonds is 7. The minimum Gasteiger partial charge on any atom is -0.353 e. The standard InChI is InChI=1S/C16H24N2O/c1-2-6-13-11-15(13)18-16(19)10-9-14(17)12-7-4-3-5-8-12/h3-5,7-8,13-15H,2,6,9-11,17H2,1H3,(H,18,19). The van der Waals surface area contributed by atoms with Gasteiger partial charge in [0.2, 0.25) is 5.91 Å². The molecule has 0 spiro atoms. The molecular formula is C16H24N2O. The Labute approximate surface area is 115 Å². The third-order valence-electron chi connectivity index (χ3n) is 3.84. The fourth-order valence-electron chi connectivity index (χ4n) is 2.55. The Kier molecular flexibility index (Phi) is 4.97. The van der Waals surface area contributed by atoms with Gasteiger partial charge in [-0.2, -0.15) is 0 Å². The summed E-state index contributed by atoms with van der Waals surface area (Å²) in [6.07, 6.45) is 4.82. The minimum atomic E-state index is -0.0439. The molecule has 0 bridgehead atoms. The van der Waals surface area contributed by atoms with Crippen LogP contribution < -0.4 is 11.1 Å². The van der Waals surface area contributed by atoms with Crippen molar-refractivity contribution in [3.8, 4) is 0 Å². The topological polar surface area (TPSA) is 55.1 Å². The Hall–Kier alpha value is -1.35. The van der Waals surface area contributed by atoms with Crippen LogP contribution in [0.15, 0.2) is 30.3 Å². The van der Waals surface area contributed by atoms with E-state index in [0.717, 1.165) is 17.9 Å². The fraction of sp³-hybridized carbons (Fsp3) is 0.562. The number of nitrogens with one attached hydrogen (secondary N) is 1. The van der Waals surface area contributed by atoms with Gasteiger partial charge in [0, 0.05) is 18.5 Å². The van der Waals surface area contributed by atoms with E-state index in [2.05, 4.69) is 12.2 Å². The highest BCUT2D eigenvalue weighted by atomic mass is 16.1. The molecule has 1 aliphatic rings. The quantitative estimate of drug-likeness (QED) is 0.792. The first-order chi connectivity index (χ1) is 9.20. The van der Waals surface area contributed by atoms with Gasteiger partial charge >= 0.3 is 0 Å². The van der Waals surface area contributed by atoms with E-state index in [1.165, 1.54) is 12.8 Å². The first kappa shape index (κ1) is 14.1. The van der Waals surface area contributed by atoms with Crippen LogP contribution in [0.4, 0.5) is 0 Å². The number of carbonyl (C=O) groups is 1. The number of carbonyl (C=O) groups excluding carboxylic acids is 1. The number of hydrogen-bond acceptors (Lipinski definition) is 2. The summed E-state index contributed by atoms with van der Waals surface area (Å²) in [7, 11) is 0. The van der Waals surface area contributed by atoms with Crippen molar-refractivity contribution in [2.45, 2.75) is 51.1 Å². The van der Waals surface area contributed by atoms with Crippen molar-refractivity contribution in [2.75, 3.05) is 0 Å². The van der Waals surface area contributed by atoms with E-state index in [4.69, 9.17) is 5.73 Å². The summed E-state index contributed by atoms with van der Waals surface area (Å²) < 4.78 is 0. The summed E-state index contributed by atoms with van der Waals surface area (Å²) in [6, 6.07) is 10.4. The lowest BCUT2D eigenvalue weighted by Crippen LogP contribution is -2.27. The van der Waals surface area contributed by atoms with Crippen molar-refractivity contribution in [1.29, 1.82) is 0 Å². The second kappa shape index (κ2) is 6.71. The van der Waals surface area contributed by atoms with Crippen molar-refractivity contribution >= 4 is 5.91 Å². The zero-order valence-electron chi connectivity index (χ0n) is 11.6. The van der Waals surface area contributed by atoms with Crippen LogP contribution in [0.25, 0.3) is 0 Å². The Morgan fingerprint density at radius 2 is 2.16 bits per heavy atom. The van der Waals surface area contributed by atoms with Gasteiger partial charge in [-0.1, -0.05) is 43.7 Å². The minimum absolute atomic E-state index is 0.0439. The molecule has 2 rings (SSSR count). The van der Waals surface area contributed by atoms with Crippen LogP contribution >= 0.6 is 0 Å². The molecule has 0 aromatic heterocycles. The van der Waals surface area contributed by atoms with Gasteiger partial charge in [-0.05, 0) is 30.7 Å². The van der Waals surface area contributed by atoms with Crippen molar-refractivity contribution in [2.24, 2.45) is 11.7 Å². The van der Waals surface area contributed by atoms with E-state index in [1.807, 2.05) is 30.3 Å². The number of nitrogens with two attached hydrogens (primary N) is 1. The molecule has 1 aromatic carbocycles. The van der Waals surface area contributed by atoms with Crippen LogP contribution in [0.5, 0.6) is 0 Å². The average molecular weight is 260 g/mol. The van der Waals surface area contributed by atoms with Crippen molar-refractivity contribution in [3.05, 3.63) is 35.9 Å². The molecule has 19 heavy (non-hydrogen) atoms. The Bertz CT molecular complexity index is 404. The lowest BCUT2D eigenvalue weighted by atomic mass is 10.0. The smallest absolute Gasteiger partial charge is 0.220 e. The Balaban J connectivity index is 1.67. The Morgan fingerprint density at radius 1 is 1.42 bits per heavy atom. The predicted octanol–water partition coefficient (Wildman–Crippen LogP) is 2.77. The van der Waals surface area contributed by atoms with Gasteiger partial charge in [-0.15, -0.1) is 0 Å². The summed E-state index contributed by atoms with van der Waals surface area (Å²) in [5.74, 6) is 0.867. The first-order valence-electron chi connectivity index (χ1n) is 7.30. The van der Waals surface area contributed by atoms with E-state index >= 15 is 0 Å². The molecule has 1 fully saturated rings. The van der Waals surface area contributed by atoms with Crippen LogP contribution in [0.1, 0.15) is 50.6 Å². The number of hydrogen-bond donors (Lipinski definition) is 2. The maximum absolute atomic E-state index is 11.8. The van der Waals surface area contributed by atoms with Gasteiger partial charge < -0.3 is 11.1 Å². The third-order valence-corrected chi connectivity index (χ3v) is 3.84.